The fourth-order valence-corrected chi connectivity index (χ4v) is 3.41. The van der Waals surface area contributed by atoms with Crippen molar-refractivity contribution < 1.29 is 8.78 Å². The molecule has 1 aliphatic carbocycles. The third-order valence-electron chi connectivity index (χ3n) is 3.93. The maximum absolute atomic E-state index is 13.3. The lowest BCUT2D eigenvalue weighted by atomic mass is 9.91. The summed E-state index contributed by atoms with van der Waals surface area (Å²) >= 11 is 3.35. The van der Waals surface area contributed by atoms with E-state index in [-0.39, 0.29) is 17.9 Å². The Hall–Kier alpha value is -1.01. The van der Waals surface area contributed by atoms with Crippen molar-refractivity contribution in [1.29, 1.82) is 0 Å². The number of nitrogens with two attached hydrogens (primary N) is 1. The highest BCUT2D eigenvalue weighted by molar-refractivity contribution is 9.10. The van der Waals surface area contributed by atoms with E-state index < -0.39 is 6.43 Å². The van der Waals surface area contributed by atoms with Crippen LogP contribution in [-0.2, 0) is 0 Å². The molecular weight excluding hydrogens is 328 g/mol. The quantitative estimate of drug-likeness (QED) is 0.888. The van der Waals surface area contributed by atoms with E-state index in [1.165, 1.54) is 0 Å². The van der Waals surface area contributed by atoms with Crippen LogP contribution >= 0.6 is 15.9 Å². The fraction of sp³-hybridized carbons (Fsp3) is 0.500. The third-order valence-corrected chi connectivity index (χ3v) is 4.42. The Labute approximate surface area is 124 Å². The molecule has 2 N–H and O–H groups in total. The molecule has 2 aromatic rings. The monoisotopic (exact) mass is 343 g/mol. The van der Waals surface area contributed by atoms with Gasteiger partial charge < -0.3 is 10.3 Å². The Kier molecular flexibility index (Phi) is 3.77. The molecule has 0 aliphatic heterocycles. The van der Waals surface area contributed by atoms with Crippen molar-refractivity contribution in [2.75, 3.05) is 0 Å². The molecule has 1 aliphatic rings. The zero-order chi connectivity index (χ0) is 14.3. The van der Waals surface area contributed by atoms with Crippen LogP contribution in [0, 0.1) is 0 Å². The molecule has 1 aromatic heterocycles. The van der Waals surface area contributed by atoms with Crippen LogP contribution in [-0.4, -0.2) is 15.6 Å². The second-order valence-electron chi connectivity index (χ2n) is 5.35. The number of halogens is 3. The molecule has 1 saturated carbocycles. The van der Waals surface area contributed by atoms with Gasteiger partial charge in [-0.05, 0) is 43.9 Å². The van der Waals surface area contributed by atoms with Gasteiger partial charge in [-0.15, -0.1) is 0 Å². The van der Waals surface area contributed by atoms with Gasteiger partial charge in [0.25, 0.3) is 6.43 Å². The number of rotatable bonds is 2. The summed E-state index contributed by atoms with van der Waals surface area (Å²) in [4.78, 5) is 4.12. The molecule has 108 valence electrons. The maximum Gasteiger partial charge on any atom is 0.295 e. The largest absolute Gasteiger partial charge is 0.328 e. The Bertz CT molecular complexity index is 626. The molecule has 3 rings (SSSR count). The van der Waals surface area contributed by atoms with Gasteiger partial charge in [-0.25, -0.2) is 13.8 Å². The second kappa shape index (κ2) is 5.41. The van der Waals surface area contributed by atoms with Gasteiger partial charge in [0, 0.05) is 16.6 Å². The van der Waals surface area contributed by atoms with Gasteiger partial charge >= 0.3 is 0 Å². The SMILES string of the molecule is N[C@@H]1CCC[C@H](n2c(C(F)F)nc3cc(Br)ccc32)C1. The standard InChI is InChI=1S/C14H16BrF2N3/c15-8-4-5-12-11(6-8)19-14(13(16)17)20(12)10-3-1-2-9(18)7-10/h4-6,9-10,13H,1-3,7,18H2/t9-,10+/m1/s1. The van der Waals surface area contributed by atoms with Gasteiger partial charge in [-0.3, -0.25) is 0 Å². The van der Waals surface area contributed by atoms with Crippen LogP contribution in [0.2, 0.25) is 0 Å². The number of nitrogens with zero attached hydrogens (tertiary/aromatic N) is 2. The van der Waals surface area contributed by atoms with Crippen molar-refractivity contribution >= 4 is 27.0 Å². The lowest BCUT2D eigenvalue weighted by Gasteiger charge is -2.29. The average Bonchev–Trinajstić information content (AvgIpc) is 2.77. The van der Waals surface area contributed by atoms with Gasteiger partial charge in [0.15, 0.2) is 5.82 Å². The van der Waals surface area contributed by atoms with E-state index in [0.717, 1.165) is 35.7 Å². The number of fused-ring (bicyclic) bond motifs is 1. The van der Waals surface area contributed by atoms with E-state index in [1.807, 2.05) is 12.1 Å². The van der Waals surface area contributed by atoms with Crippen LogP contribution in [0.3, 0.4) is 0 Å². The molecule has 1 heterocycles. The summed E-state index contributed by atoms with van der Waals surface area (Å²) in [5.74, 6) is -0.141. The minimum Gasteiger partial charge on any atom is -0.328 e. The number of aromatic nitrogens is 2. The first kappa shape index (κ1) is 13.9. The van der Waals surface area contributed by atoms with Crippen molar-refractivity contribution in [3.05, 3.63) is 28.5 Å². The predicted octanol–water partition coefficient (Wildman–Crippen LogP) is 4.18. The van der Waals surface area contributed by atoms with Gasteiger partial charge in [0.2, 0.25) is 0 Å². The molecule has 1 aromatic carbocycles. The summed E-state index contributed by atoms with van der Waals surface area (Å²) in [6.07, 6.45) is 0.999. The topological polar surface area (TPSA) is 43.8 Å². The molecule has 2 atom stereocenters. The Morgan fingerprint density at radius 2 is 2.15 bits per heavy atom. The lowest BCUT2D eigenvalue weighted by Crippen LogP contribution is -2.30. The van der Waals surface area contributed by atoms with Crippen LogP contribution in [0.15, 0.2) is 22.7 Å². The molecule has 1 fully saturated rings. The van der Waals surface area contributed by atoms with Gasteiger partial charge in [0.1, 0.15) is 0 Å². The molecule has 0 radical (unpaired) electrons. The first-order chi connectivity index (χ1) is 9.56. The highest BCUT2D eigenvalue weighted by Crippen LogP contribution is 2.35. The maximum atomic E-state index is 13.3. The second-order valence-corrected chi connectivity index (χ2v) is 6.27. The molecule has 0 unspecified atom stereocenters. The van der Waals surface area contributed by atoms with E-state index in [4.69, 9.17) is 5.73 Å². The molecule has 0 bridgehead atoms. The molecule has 0 spiro atoms. The van der Waals surface area contributed by atoms with Crippen LogP contribution in [0.1, 0.15) is 44.0 Å². The fourth-order valence-electron chi connectivity index (χ4n) is 3.06. The Balaban J connectivity index is 2.13. The molecule has 20 heavy (non-hydrogen) atoms. The minimum absolute atomic E-state index is 0.0222. The van der Waals surface area contributed by atoms with E-state index in [0.29, 0.717) is 5.52 Å². The first-order valence-electron chi connectivity index (χ1n) is 6.77. The van der Waals surface area contributed by atoms with Crippen LogP contribution in [0.4, 0.5) is 8.78 Å². The van der Waals surface area contributed by atoms with E-state index >= 15 is 0 Å². The summed E-state index contributed by atoms with van der Waals surface area (Å²) in [5, 5.41) is 0. The molecule has 3 nitrogen and oxygen atoms in total. The van der Waals surface area contributed by atoms with Crippen LogP contribution in [0.5, 0.6) is 0 Å². The minimum atomic E-state index is -2.57. The normalized spacial score (nSPS) is 23.6. The smallest absolute Gasteiger partial charge is 0.295 e. The number of hydrogen-bond donors (Lipinski definition) is 1. The summed E-state index contributed by atoms with van der Waals surface area (Å²) in [7, 11) is 0. The zero-order valence-electron chi connectivity index (χ0n) is 10.9. The highest BCUT2D eigenvalue weighted by Gasteiger charge is 2.27. The van der Waals surface area contributed by atoms with Crippen molar-refractivity contribution in [3.8, 4) is 0 Å². The van der Waals surface area contributed by atoms with Crippen LogP contribution in [0.25, 0.3) is 11.0 Å². The average molecular weight is 344 g/mol. The third kappa shape index (κ3) is 2.46. The molecule has 0 amide bonds. The summed E-state index contributed by atoms with van der Waals surface area (Å²) in [6.45, 7) is 0. The number of alkyl halides is 2. The zero-order valence-corrected chi connectivity index (χ0v) is 12.5. The van der Waals surface area contributed by atoms with Gasteiger partial charge in [0.05, 0.1) is 11.0 Å². The molecular formula is C14H16BrF2N3. The predicted molar refractivity (Wildman–Crippen MR) is 77.9 cm³/mol. The molecule has 6 heteroatoms. The van der Waals surface area contributed by atoms with Gasteiger partial charge in [-0.2, -0.15) is 0 Å². The Morgan fingerprint density at radius 3 is 2.85 bits per heavy atom. The number of imidazole rings is 1. The highest BCUT2D eigenvalue weighted by atomic mass is 79.9. The molecule has 0 saturated heterocycles. The van der Waals surface area contributed by atoms with E-state index in [2.05, 4.69) is 20.9 Å². The summed E-state index contributed by atoms with van der Waals surface area (Å²) < 4.78 is 29.1. The first-order valence-corrected chi connectivity index (χ1v) is 7.56. The Morgan fingerprint density at radius 1 is 1.35 bits per heavy atom. The van der Waals surface area contributed by atoms with Crippen molar-refractivity contribution in [2.24, 2.45) is 5.73 Å². The van der Waals surface area contributed by atoms with Crippen molar-refractivity contribution in [1.82, 2.24) is 9.55 Å². The van der Waals surface area contributed by atoms with E-state index in [1.54, 1.807) is 10.6 Å². The number of hydrogen-bond acceptors (Lipinski definition) is 2. The number of benzene rings is 1. The van der Waals surface area contributed by atoms with E-state index in [9.17, 15) is 8.78 Å². The lowest BCUT2D eigenvalue weighted by molar-refractivity contribution is 0.130. The van der Waals surface area contributed by atoms with Crippen LogP contribution < -0.4 is 5.73 Å². The van der Waals surface area contributed by atoms with Crippen molar-refractivity contribution in [2.45, 2.75) is 44.2 Å². The van der Waals surface area contributed by atoms with Crippen molar-refractivity contribution in [3.63, 3.8) is 0 Å². The summed E-state index contributed by atoms with van der Waals surface area (Å²) in [5.41, 5.74) is 7.37. The van der Waals surface area contributed by atoms with Gasteiger partial charge in [-0.1, -0.05) is 15.9 Å². The summed E-state index contributed by atoms with van der Waals surface area (Å²) in [6, 6.07) is 5.60.